The molecule has 0 spiro atoms. The number of nitrogens with zero attached hydrogens (tertiary/aromatic N) is 2. The SMILES string of the molecule is Cn1cnc2c(F)c(Nc3ccc(Br)cc3F)c(C(=O)NCCOCCOCCOc3ccc4c(ccc5occ(C6CCC(=O)NC6=O)c54)c3)cc21. The molecule has 0 bridgehead atoms. The molecule has 6 aromatic rings. The monoisotopic (exact) mass is 789 g/mol. The predicted molar refractivity (Wildman–Crippen MR) is 196 cm³/mol. The number of anilines is 2. The van der Waals surface area contributed by atoms with Crippen LogP contribution in [0.25, 0.3) is 32.8 Å². The minimum atomic E-state index is -0.773. The average molecular weight is 791 g/mol. The lowest BCUT2D eigenvalue weighted by molar-refractivity contribution is -0.134. The number of imide groups is 1. The normalized spacial score (nSPS) is 14.6. The van der Waals surface area contributed by atoms with Crippen molar-refractivity contribution in [1.82, 2.24) is 20.2 Å². The van der Waals surface area contributed by atoms with Gasteiger partial charge in [-0.15, -0.1) is 0 Å². The van der Waals surface area contributed by atoms with Crippen molar-refractivity contribution in [3.05, 3.63) is 94.4 Å². The maximum absolute atomic E-state index is 15.6. The molecule has 3 N–H and O–H groups in total. The summed E-state index contributed by atoms with van der Waals surface area (Å²) in [5.41, 5.74) is 1.68. The fraction of sp³-hybridized carbons (Fsp3) is 0.263. The van der Waals surface area contributed by atoms with Gasteiger partial charge in [0.2, 0.25) is 11.8 Å². The van der Waals surface area contributed by atoms with E-state index in [-0.39, 0.29) is 60.4 Å². The predicted octanol–water partition coefficient (Wildman–Crippen LogP) is 6.62. The molecule has 1 aliphatic heterocycles. The van der Waals surface area contributed by atoms with Gasteiger partial charge in [-0.05, 0) is 65.7 Å². The van der Waals surface area contributed by atoms with E-state index < -0.39 is 23.5 Å². The van der Waals surface area contributed by atoms with Gasteiger partial charge < -0.3 is 33.8 Å². The summed E-state index contributed by atoms with van der Waals surface area (Å²) in [5, 5.41) is 10.6. The van der Waals surface area contributed by atoms with Crippen molar-refractivity contribution in [2.24, 2.45) is 7.05 Å². The third-order valence-electron chi connectivity index (χ3n) is 8.97. The van der Waals surface area contributed by atoms with E-state index in [4.69, 9.17) is 18.6 Å². The lowest BCUT2D eigenvalue weighted by Gasteiger charge is -2.20. The van der Waals surface area contributed by atoms with Gasteiger partial charge in [0.05, 0.1) is 67.4 Å². The lowest BCUT2D eigenvalue weighted by atomic mass is 9.89. The molecule has 7 rings (SSSR count). The Kier molecular flexibility index (Phi) is 10.7. The molecule has 1 aliphatic rings. The van der Waals surface area contributed by atoms with E-state index in [9.17, 15) is 18.8 Å². The van der Waals surface area contributed by atoms with Crippen LogP contribution in [0.15, 0.2) is 76.1 Å². The van der Waals surface area contributed by atoms with Crippen LogP contribution in [-0.4, -0.2) is 66.9 Å². The highest BCUT2D eigenvalue weighted by molar-refractivity contribution is 9.10. The minimum absolute atomic E-state index is 0.000577. The van der Waals surface area contributed by atoms with Gasteiger partial charge in [-0.25, -0.2) is 13.8 Å². The number of benzene rings is 4. The summed E-state index contributed by atoms with van der Waals surface area (Å²) < 4.78 is 55.2. The number of furan rings is 1. The van der Waals surface area contributed by atoms with Crippen molar-refractivity contribution >= 4 is 77.8 Å². The summed E-state index contributed by atoms with van der Waals surface area (Å²) in [4.78, 5) is 41.5. The number of rotatable bonds is 14. The molecule has 2 aromatic heterocycles. The van der Waals surface area contributed by atoms with Crippen LogP contribution in [0.3, 0.4) is 0 Å². The molecular formula is C38H34BrF2N5O7. The van der Waals surface area contributed by atoms with E-state index in [1.54, 1.807) is 23.9 Å². The molecule has 12 nitrogen and oxygen atoms in total. The molecule has 3 amide bonds. The molecule has 15 heteroatoms. The van der Waals surface area contributed by atoms with Crippen LogP contribution < -0.4 is 20.7 Å². The zero-order chi connectivity index (χ0) is 37.1. The number of halogens is 3. The van der Waals surface area contributed by atoms with Gasteiger partial charge in [0.15, 0.2) is 5.82 Å². The summed E-state index contributed by atoms with van der Waals surface area (Å²) in [6.45, 7) is 1.50. The zero-order valence-corrected chi connectivity index (χ0v) is 30.1. The van der Waals surface area contributed by atoms with E-state index in [0.717, 1.165) is 21.7 Å². The Morgan fingerprint density at radius 2 is 1.85 bits per heavy atom. The molecule has 4 aromatic carbocycles. The number of fused-ring (bicyclic) bond motifs is 4. The number of nitrogens with one attached hydrogen (secondary N) is 3. The Morgan fingerprint density at radius 1 is 1.04 bits per heavy atom. The quantitative estimate of drug-likeness (QED) is 0.0819. The number of amides is 3. The molecule has 0 aliphatic carbocycles. The van der Waals surface area contributed by atoms with E-state index >= 15 is 4.39 Å². The van der Waals surface area contributed by atoms with Crippen molar-refractivity contribution in [3.63, 3.8) is 0 Å². The Balaban J connectivity index is 0.862. The van der Waals surface area contributed by atoms with E-state index in [1.165, 1.54) is 24.5 Å². The first-order valence-electron chi connectivity index (χ1n) is 16.9. The second-order valence-corrected chi connectivity index (χ2v) is 13.3. The maximum atomic E-state index is 15.6. The van der Waals surface area contributed by atoms with Gasteiger partial charge >= 0.3 is 0 Å². The van der Waals surface area contributed by atoms with Gasteiger partial charge in [0.1, 0.15) is 29.3 Å². The summed E-state index contributed by atoms with van der Waals surface area (Å²) in [7, 11) is 1.69. The number of aryl methyl sites for hydroxylation is 1. The van der Waals surface area contributed by atoms with Gasteiger partial charge in [-0.3, -0.25) is 19.7 Å². The minimum Gasteiger partial charge on any atom is -0.491 e. The fourth-order valence-electron chi connectivity index (χ4n) is 6.33. The van der Waals surface area contributed by atoms with Crippen LogP contribution in [-0.2, 0) is 26.1 Å². The number of hydrogen-bond donors (Lipinski definition) is 3. The van der Waals surface area contributed by atoms with Crippen molar-refractivity contribution in [2.75, 3.05) is 44.9 Å². The van der Waals surface area contributed by atoms with E-state index in [0.29, 0.717) is 47.6 Å². The molecule has 274 valence electrons. The molecule has 0 radical (unpaired) electrons. The fourth-order valence-corrected chi connectivity index (χ4v) is 6.66. The molecule has 1 unspecified atom stereocenters. The topological polar surface area (TPSA) is 146 Å². The second-order valence-electron chi connectivity index (χ2n) is 12.4. The van der Waals surface area contributed by atoms with Gasteiger partial charge in [-0.2, -0.15) is 0 Å². The number of piperidine rings is 1. The zero-order valence-electron chi connectivity index (χ0n) is 28.5. The van der Waals surface area contributed by atoms with E-state index in [2.05, 4.69) is 36.9 Å². The number of carbonyl (C=O) groups is 3. The summed E-state index contributed by atoms with van der Waals surface area (Å²) >= 11 is 3.20. The van der Waals surface area contributed by atoms with Crippen LogP contribution in [0.4, 0.5) is 20.2 Å². The molecule has 53 heavy (non-hydrogen) atoms. The van der Waals surface area contributed by atoms with Crippen molar-refractivity contribution < 1.29 is 41.8 Å². The van der Waals surface area contributed by atoms with Gasteiger partial charge in [0.25, 0.3) is 5.91 Å². The molecule has 1 fully saturated rings. The van der Waals surface area contributed by atoms with Gasteiger partial charge in [-0.1, -0.05) is 22.0 Å². The Labute approximate surface area is 309 Å². The number of hydrogen-bond acceptors (Lipinski definition) is 9. The number of aromatic nitrogens is 2. The van der Waals surface area contributed by atoms with Crippen molar-refractivity contribution in [3.8, 4) is 5.75 Å². The first-order chi connectivity index (χ1) is 25.7. The average Bonchev–Trinajstić information content (AvgIpc) is 3.74. The first kappa shape index (κ1) is 36.0. The van der Waals surface area contributed by atoms with Crippen LogP contribution in [0.1, 0.15) is 34.7 Å². The lowest BCUT2D eigenvalue weighted by Crippen LogP contribution is -2.39. The number of carbonyl (C=O) groups excluding carboxylic acids is 3. The van der Waals surface area contributed by atoms with Gasteiger partial charge in [0, 0.05) is 35.4 Å². The second kappa shape index (κ2) is 15.7. The van der Waals surface area contributed by atoms with Crippen LogP contribution in [0.5, 0.6) is 5.75 Å². The Bertz CT molecular complexity index is 2360. The van der Waals surface area contributed by atoms with Crippen molar-refractivity contribution in [2.45, 2.75) is 18.8 Å². The number of ether oxygens (including phenoxy) is 3. The Hall–Kier alpha value is -5.38. The number of imidazole rings is 1. The summed E-state index contributed by atoms with van der Waals surface area (Å²) in [6, 6.07) is 15.3. The molecule has 1 saturated heterocycles. The molecular weight excluding hydrogens is 756 g/mol. The standard InChI is InChI=1S/C38H34BrF2N5O7/c1-46-20-43-36-30(46)18-26(35(34(36)41)44-29-7-3-22(39)17-28(29)40)37(48)42-10-11-50-12-13-51-14-15-52-23-4-5-24-21(16-23)2-8-31-33(24)27(19-53-31)25-6-9-32(47)45-38(25)49/h2-5,7-8,16-20,25,44H,6,9-15H2,1H3,(H,42,48)(H,45,47,49). The first-order valence-corrected chi connectivity index (χ1v) is 17.7. The molecule has 0 saturated carbocycles. The van der Waals surface area contributed by atoms with Crippen LogP contribution in [0, 0.1) is 11.6 Å². The smallest absolute Gasteiger partial charge is 0.253 e. The molecule has 3 heterocycles. The van der Waals surface area contributed by atoms with Crippen LogP contribution in [0.2, 0.25) is 0 Å². The third-order valence-corrected chi connectivity index (χ3v) is 9.46. The maximum Gasteiger partial charge on any atom is 0.253 e. The highest BCUT2D eigenvalue weighted by Crippen LogP contribution is 2.38. The highest BCUT2D eigenvalue weighted by Gasteiger charge is 2.31. The van der Waals surface area contributed by atoms with Crippen LogP contribution >= 0.6 is 15.9 Å². The molecule has 1 atom stereocenters. The highest BCUT2D eigenvalue weighted by atomic mass is 79.9. The largest absolute Gasteiger partial charge is 0.491 e. The summed E-state index contributed by atoms with van der Waals surface area (Å²) in [6.07, 6.45) is 3.75. The van der Waals surface area contributed by atoms with E-state index in [1.807, 2.05) is 30.3 Å². The Morgan fingerprint density at radius 3 is 2.66 bits per heavy atom. The third kappa shape index (κ3) is 7.72. The van der Waals surface area contributed by atoms with Crippen molar-refractivity contribution in [1.29, 1.82) is 0 Å². The summed E-state index contributed by atoms with van der Waals surface area (Å²) in [5.74, 6) is -2.34.